The third kappa shape index (κ3) is 3.51. The SMILES string of the molecule is Cc1cc(NC(=O)CC(C)(C)N)c2ccccc2n1. The van der Waals surface area contributed by atoms with Crippen LogP contribution in [0.1, 0.15) is 26.0 Å². The molecule has 0 saturated carbocycles. The van der Waals surface area contributed by atoms with Gasteiger partial charge in [-0.3, -0.25) is 9.78 Å². The third-order valence-electron chi connectivity index (χ3n) is 2.73. The Kier molecular flexibility index (Phi) is 3.53. The second-order valence-corrected chi connectivity index (χ2v) is 5.54. The van der Waals surface area contributed by atoms with E-state index in [1.165, 1.54) is 0 Å². The number of fused-ring (bicyclic) bond motifs is 1. The fraction of sp³-hybridized carbons (Fsp3) is 0.333. The van der Waals surface area contributed by atoms with E-state index in [2.05, 4.69) is 10.3 Å². The standard InChI is InChI=1S/C15H19N3O/c1-10-8-13(18-14(19)9-15(2,3)16)11-6-4-5-7-12(11)17-10/h4-8H,9,16H2,1-3H3,(H,17,18,19). The second-order valence-electron chi connectivity index (χ2n) is 5.54. The molecule has 0 aliphatic carbocycles. The lowest BCUT2D eigenvalue weighted by Gasteiger charge is -2.18. The number of hydrogen-bond acceptors (Lipinski definition) is 3. The summed E-state index contributed by atoms with van der Waals surface area (Å²) >= 11 is 0. The van der Waals surface area contributed by atoms with Crippen LogP contribution in [0.15, 0.2) is 30.3 Å². The topological polar surface area (TPSA) is 68.0 Å². The fourth-order valence-electron chi connectivity index (χ4n) is 2.02. The van der Waals surface area contributed by atoms with Crippen molar-refractivity contribution >= 4 is 22.5 Å². The van der Waals surface area contributed by atoms with Crippen LogP contribution < -0.4 is 11.1 Å². The number of rotatable bonds is 3. The van der Waals surface area contributed by atoms with Gasteiger partial charge in [-0.1, -0.05) is 18.2 Å². The highest BCUT2D eigenvalue weighted by molar-refractivity contribution is 6.01. The Morgan fingerprint density at radius 1 is 1.37 bits per heavy atom. The van der Waals surface area contributed by atoms with Crippen LogP contribution in [0.3, 0.4) is 0 Å². The number of hydrogen-bond donors (Lipinski definition) is 2. The summed E-state index contributed by atoms with van der Waals surface area (Å²) in [6, 6.07) is 9.63. The average Bonchev–Trinajstić information content (AvgIpc) is 2.25. The van der Waals surface area contributed by atoms with E-state index in [0.29, 0.717) is 0 Å². The first kappa shape index (κ1) is 13.5. The van der Waals surface area contributed by atoms with Gasteiger partial charge < -0.3 is 11.1 Å². The third-order valence-corrected chi connectivity index (χ3v) is 2.73. The van der Waals surface area contributed by atoms with Crippen molar-refractivity contribution in [1.29, 1.82) is 0 Å². The van der Waals surface area contributed by atoms with Crippen LogP contribution >= 0.6 is 0 Å². The van der Waals surface area contributed by atoms with Crippen LogP contribution in [0.5, 0.6) is 0 Å². The number of amides is 1. The molecule has 0 atom stereocenters. The maximum Gasteiger partial charge on any atom is 0.226 e. The van der Waals surface area contributed by atoms with Gasteiger partial charge in [0.05, 0.1) is 11.2 Å². The van der Waals surface area contributed by atoms with Crippen molar-refractivity contribution in [3.63, 3.8) is 0 Å². The monoisotopic (exact) mass is 257 g/mol. The molecule has 0 saturated heterocycles. The first-order valence-electron chi connectivity index (χ1n) is 6.30. The van der Waals surface area contributed by atoms with Gasteiger partial charge in [0.25, 0.3) is 0 Å². The van der Waals surface area contributed by atoms with Gasteiger partial charge in [0.1, 0.15) is 0 Å². The highest BCUT2D eigenvalue weighted by atomic mass is 16.1. The number of nitrogens with one attached hydrogen (secondary N) is 1. The van der Waals surface area contributed by atoms with E-state index in [0.717, 1.165) is 22.3 Å². The number of nitrogens with two attached hydrogens (primary N) is 1. The van der Waals surface area contributed by atoms with Gasteiger partial charge in [-0.05, 0) is 32.9 Å². The van der Waals surface area contributed by atoms with E-state index in [1.54, 1.807) is 0 Å². The van der Waals surface area contributed by atoms with Crippen molar-refractivity contribution in [3.8, 4) is 0 Å². The van der Waals surface area contributed by atoms with Gasteiger partial charge in [0.15, 0.2) is 0 Å². The summed E-state index contributed by atoms with van der Waals surface area (Å²) in [5.74, 6) is -0.0803. The van der Waals surface area contributed by atoms with Crippen LogP contribution in [0.2, 0.25) is 0 Å². The van der Waals surface area contributed by atoms with Gasteiger partial charge in [-0.25, -0.2) is 0 Å². The number of carbonyl (C=O) groups excluding carboxylic acids is 1. The summed E-state index contributed by atoms with van der Waals surface area (Å²) in [6.07, 6.45) is 0.280. The van der Waals surface area contributed by atoms with Crippen molar-refractivity contribution in [1.82, 2.24) is 4.98 Å². The minimum Gasteiger partial charge on any atom is -0.325 e. The summed E-state index contributed by atoms with van der Waals surface area (Å²) in [4.78, 5) is 16.4. The number of carbonyl (C=O) groups is 1. The molecule has 4 heteroatoms. The van der Waals surface area contributed by atoms with Crippen molar-refractivity contribution in [2.24, 2.45) is 5.73 Å². The van der Waals surface area contributed by atoms with Gasteiger partial charge in [-0.15, -0.1) is 0 Å². The Labute approximate surface area is 113 Å². The van der Waals surface area contributed by atoms with Crippen molar-refractivity contribution < 1.29 is 4.79 Å². The van der Waals surface area contributed by atoms with Gasteiger partial charge in [0, 0.05) is 23.0 Å². The molecule has 0 bridgehead atoms. The predicted molar refractivity (Wildman–Crippen MR) is 78.0 cm³/mol. The first-order valence-corrected chi connectivity index (χ1v) is 6.30. The molecule has 0 radical (unpaired) electrons. The molecule has 0 aliphatic rings. The summed E-state index contributed by atoms with van der Waals surface area (Å²) < 4.78 is 0. The maximum atomic E-state index is 12.0. The molecule has 2 rings (SSSR count). The minimum atomic E-state index is -0.512. The molecule has 3 N–H and O–H groups in total. The van der Waals surface area contributed by atoms with Crippen molar-refractivity contribution in [2.75, 3.05) is 5.32 Å². The second kappa shape index (κ2) is 4.97. The molecule has 1 aromatic carbocycles. The van der Waals surface area contributed by atoms with Crippen LogP contribution in [-0.2, 0) is 4.79 Å². The van der Waals surface area contributed by atoms with Crippen LogP contribution in [0, 0.1) is 6.92 Å². The molecule has 1 amide bonds. The summed E-state index contributed by atoms with van der Waals surface area (Å²) in [7, 11) is 0. The number of aryl methyl sites for hydroxylation is 1. The fourth-order valence-corrected chi connectivity index (χ4v) is 2.02. The van der Waals surface area contributed by atoms with Crippen molar-refractivity contribution in [3.05, 3.63) is 36.0 Å². The molecular formula is C15H19N3O. The molecule has 0 aliphatic heterocycles. The summed E-state index contributed by atoms with van der Waals surface area (Å²) in [5, 5.41) is 3.86. The molecule has 19 heavy (non-hydrogen) atoms. The lowest BCUT2D eigenvalue weighted by atomic mass is 10.0. The zero-order chi connectivity index (χ0) is 14.0. The van der Waals surface area contributed by atoms with Crippen LogP contribution in [0.25, 0.3) is 10.9 Å². The number of nitrogens with zero attached hydrogens (tertiary/aromatic N) is 1. The Balaban J connectivity index is 2.32. The number of anilines is 1. The van der Waals surface area contributed by atoms with E-state index in [4.69, 9.17) is 5.73 Å². The van der Waals surface area contributed by atoms with Crippen LogP contribution in [-0.4, -0.2) is 16.4 Å². The van der Waals surface area contributed by atoms with Crippen molar-refractivity contribution in [2.45, 2.75) is 32.7 Å². The highest BCUT2D eigenvalue weighted by Crippen LogP contribution is 2.23. The molecule has 0 fully saturated rings. The predicted octanol–water partition coefficient (Wildman–Crippen LogP) is 2.61. The Bertz CT molecular complexity index is 614. The normalized spacial score (nSPS) is 11.6. The Morgan fingerprint density at radius 2 is 2.05 bits per heavy atom. The lowest BCUT2D eigenvalue weighted by molar-refractivity contribution is -0.117. The summed E-state index contributed by atoms with van der Waals surface area (Å²) in [6.45, 7) is 5.58. The van der Waals surface area contributed by atoms with Crippen LogP contribution in [0.4, 0.5) is 5.69 Å². The van der Waals surface area contributed by atoms with Gasteiger partial charge >= 0.3 is 0 Å². The lowest BCUT2D eigenvalue weighted by Crippen LogP contribution is -2.36. The zero-order valence-electron chi connectivity index (χ0n) is 11.5. The van der Waals surface area contributed by atoms with E-state index >= 15 is 0 Å². The summed E-state index contributed by atoms with van der Waals surface area (Å²) in [5.41, 5.74) is 7.89. The molecule has 2 aromatic rings. The van der Waals surface area contributed by atoms with Gasteiger partial charge in [0.2, 0.25) is 5.91 Å². The molecule has 4 nitrogen and oxygen atoms in total. The zero-order valence-corrected chi connectivity index (χ0v) is 11.5. The molecule has 0 unspecified atom stereocenters. The minimum absolute atomic E-state index is 0.0803. The van der Waals surface area contributed by atoms with E-state index < -0.39 is 5.54 Å². The number of pyridine rings is 1. The first-order chi connectivity index (χ1) is 8.85. The van der Waals surface area contributed by atoms with E-state index in [9.17, 15) is 4.79 Å². The van der Waals surface area contributed by atoms with Gasteiger partial charge in [-0.2, -0.15) is 0 Å². The smallest absolute Gasteiger partial charge is 0.226 e. The molecule has 100 valence electrons. The maximum absolute atomic E-state index is 12.0. The number of para-hydroxylation sites is 1. The molecular weight excluding hydrogens is 238 g/mol. The molecule has 1 aromatic heterocycles. The highest BCUT2D eigenvalue weighted by Gasteiger charge is 2.17. The average molecular weight is 257 g/mol. The quantitative estimate of drug-likeness (QED) is 0.888. The largest absolute Gasteiger partial charge is 0.325 e. The van der Waals surface area contributed by atoms with E-state index in [-0.39, 0.29) is 12.3 Å². The Morgan fingerprint density at radius 3 is 2.74 bits per heavy atom. The molecule has 0 spiro atoms. The number of aromatic nitrogens is 1. The van der Waals surface area contributed by atoms with E-state index in [1.807, 2.05) is 51.1 Å². The Hall–Kier alpha value is -1.94. The number of benzene rings is 1. The molecule has 1 heterocycles.